The molecule has 0 aromatic heterocycles. The molecule has 0 radical (unpaired) electrons. The molecule has 2 rings (SSSR count). The number of nitriles is 1. The maximum Gasteiger partial charge on any atom is 0.183 e. The molecule has 0 aliphatic heterocycles. The van der Waals surface area contributed by atoms with E-state index in [0.29, 0.717) is 11.2 Å². The molecule has 0 heterocycles. The zero-order valence-corrected chi connectivity index (χ0v) is 11.3. The van der Waals surface area contributed by atoms with Gasteiger partial charge in [0.05, 0.1) is 11.4 Å². The van der Waals surface area contributed by atoms with Crippen LogP contribution in [0.3, 0.4) is 0 Å². The predicted molar refractivity (Wildman–Crippen MR) is 77.2 cm³/mol. The Hall–Kier alpha value is -1.67. The highest BCUT2D eigenvalue weighted by atomic mass is 32.2. The number of hydrogen-bond acceptors (Lipinski definition) is 4. The zero-order valence-electron chi connectivity index (χ0n) is 10.5. The summed E-state index contributed by atoms with van der Waals surface area (Å²) in [7, 11) is 0. The van der Waals surface area contributed by atoms with Gasteiger partial charge in [0, 0.05) is 6.04 Å². The van der Waals surface area contributed by atoms with Gasteiger partial charge < -0.3 is 5.32 Å². The molecule has 0 spiro atoms. The van der Waals surface area contributed by atoms with Crippen LogP contribution in [0.1, 0.15) is 18.4 Å². The highest BCUT2D eigenvalue weighted by Gasteiger charge is 2.22. The molecule has 0 bridgehead atoms. The minimum atomic E-state index is 0.585. The van der Waals surface area contributed by atoms with Crippen LogP contribution in [-0.2, 0) is 0 Å². The lowest BCUT2D eigenvalue weighted by molar-refractivity contribution is 1.14. The molecule has 1 aliphatic rings. The summed E-state index contributed by atoms with van der Waals surface area (Å²) in [5, 5.41) is 15.4. The van der Waals surface area contributed by atoms with E-state index in [1.54, 1.807) is 0 Å². The monoisotopic (exact) mass is 260 g/mol. The topological polar surface area (TPSA) is 60.2 Å². The normalized spacial score (nSPS) is 15.1. The number of rotatable bonds is 3. The van der Waals surface area contributed by atoms with Crippen molar-refractivity contribution in [2.75, 3.05) is 11.6 Å². The van der Waals surface area contributed by atoms with Crippen molar-refractivity contribution in [3.8, 4) is 6.19 Å². The summed E-state index contributed by atoms with van der Waals surface area (Å²) in [5.74, 6) is 0. The van der Waals surface area contributed by atoms with Crippen molar-refractivity contribution >= 4 is 28.3 Å². The predicted octanol–water partition coefficient (Wildman–Crippen LogP) is 2.99. The van der Waals surface area contributed by atoms with E-state index in [1.807, 2.05) is 24.6 Å². The van der Waals surface area contributed by atoms with Gasteiger partial charge in [-0.05, 0) is 37.7 Å². The third kappa shape index (κ3) is 3.17. The van der Waals surface area contributed by atoms with Crippen molar-refractivity contribution in [2.24, 2.45) is 4.99 Å². The third-order valence-electron chi connectivity index (χ3n) is 2.75. The van der Waals surface area contributed by atoms with Crippen LogP contribution < -0.4 is 10.6 Å². The number of anilines is 1. The molecule has 0 atom stereocenters. The van der Waals surface area contributed by atoms with Crippen LogP contribution in [0.25, 0.3) is 0 Å². The molecule has 1 saturated carbocycles. The molecule has 1 aromatic carbocycles. The van der Waals surface area contributed by atoms with E-state index in [4.69, 9.17) is 5.26 Å². The molecule has 1 aliphatic carbocycles. The molecule has 94 valence electrons. The molecule has 4 nitrogen and oxygen atoms in total. The van der Waals surface area contributed by atoms with Crippen LogP contribution in [-0.4, -0.2) is 17.5 Å². The molecular formula is C13H16N4S. The molecule has 0 amide bonds. The molecular weight excluding hydrogens is 244 g/mol. The fourth-order valence-corrected chi connectivity index (χ4v) is 1.98. The fourth-order valence-electron chi connectivity index (χ4n) is 1.65. The lowest BCUT2D eigenvalue weighted by atomic mass is 10.1. The third-order valence-corrected chi connectivity index (χ3v) is 3.33. The Labute approximate surface area is 111 Å². The Bertz CT molecular complexity index is 500. The minimum Gasteiger partial charge on any atom is -0.380 e. The van der Waals surface area contributed by atoms with Crippen molar-refractivity contribution in [1.29, 1.82) is 5.26 Å². The number of nitrogens with one attached hydrogen (secondary N) is 2. The number of amidine groups is 1. The zero-order chi connectivity index (χ0) is 13.0. The summed E-state index contributed by atoms with van der Waals surface area (Å²) < 4.78 is 0. The lowest BCUT2D eigenvalue weighted by Crippen LogP contribution is -2.13. The summed E-state index contributed by atoms with van der Waals surface area (Å²) in [6.45, 7) is 2.07. The number of aliphatic imine (C=N–C) groups is 1. The van der Waals surface area contributed by atoms with Crippen molar-refractivity contribution in [2.45, 2.75) is 25.8 Å². The SMILES string of the molecule is CSC(=Nc1cccc(C)c1NC1CC1)NC#N. The first-order valence-electron chi connectivity index (χ1n) is 5.88. The van der Waals surface area contributed by atoms with Gasteiger partial charge in [-0.1, -0.05) is 23.9 Å². The molecule has 1 fully saturated rings. The lowest BCUT2D eigenvalue weighted by Gasteiger charge is -2.12. The fraction of sp³-hybridized carbons (Fsp3) is 0.385. The van der Waals surface area contributed by atoms with Gasteiger partial charge in [-0.15, -0.1) is 0 Å². The molecule has 0 saturated heterocycles. The first-order chi connectivity index (χ1) is 8.74. The smallest absolute Gasteiger partial charge is 0.183 e. The quantitative estimate of drug-likeness (QED) is 0.379. The van der Waals surface area contributed by atoms with E-state index in [2.05, 4.69) is 28.6 Å². The van der Waals surface area contributed by atoms with E-state index >= 15 is 0 Å². The summed E-state index contributed by atoms with van der Waals surface area (Å²) in [5.41, 5.74) is 3.14. The van der Waals surface area contributed by atoms with Crippen LogP contribution in [0.5, 0.6) is 0 Å². The van der Waals surface area contributed by atoms with Gasteiger partial charge in [-0.2, -0.15) is 5.26 Å². The van der Waals surface area contributed by atoms with Crippen molar-refractivity contribution < 1.29 is 0 Å². The van der Waals surface area contributed by atoms with Crippen LogP contribution in [0.4, 0.5) is 11.4 Å². The second kappa shape index (κ2) is 5.78. The molecule has 0 unspecified atom stereocenters. The number of hydrogen-bond donors (Lipinski definition) is 2. The van der Waals surface area contributed by atoms with Gasteiger partial charge in [0.25, 0.3) is 0 Å². The van der Waals surface area contributed by atoms with Gasteiger partial charge in [-0.3, -0.25) is 5.32 Å². The van der Waals surface area contributed by atoms with Gasteiger partial charge in [0.15, 0.2) is 11.4 Å². The van der Waals surface area contributed by atoms with Gasteiger partial charge in [-0.25, -0.2) is 4.99 Å². The number of benzene rings is 1. The summed E-state index contributed by atoms with van der Waals surface area (Å²) in [4.78, 5) is 4.49. The Morgan fingerprint density at radius 3 is 2.89 bits per heavy atom. The van der Waals surface area contributed by atoms with Crippen molar-refractivity contribution in [1.82, 2.24) is 5.32 Å². The van der Waals surface area contributed by atoms with Crippen LogP contribution in [0.15, 0.2) is 23.2 Å². The van der Waals surface area contributed by atoms with E-state index in [-0.39, 0.29) is 0 Å². The van der Waals surface area contributed by atoms with Crippen molar-refractivity contribution in [3.63, 3.8) is 0 Å². The summed E-state index contributed by atoms with van der Waals surface area (Å²) in [6, 6.07) is 6.60. The number of thioether (sulfide) groups is 1. The summed E-state index contributed by atoms with van der Waals surface area (Å²) in [6.07, 6.45) is 6.25. The average Bonchev–Trinajstić information content (AvgIpc) is 3.16. The van der Waals surface area contributed by atoms with E-state index in [0.717, 1.165) is 11.4 Å². The minimum absolute atomic E-state index is 0.585. The first kappa shape index (κ1) is 12.8. The van der Waals surface area contributed by atoms with E-state index in [1.165, 1.54) is 30.2 Å². The van der Waals surface area contributed by atoms with Gasteiger partial charge >= 0.3 is 0 Å². The summed E-state index contributed by atoms with van der Waals surface area (Å²) >= 11 is 1.43. The maximum absolute atomic E-state index is 8.65. The Morgan fingerprint density at radius 1 is 1.50 bits per heavy atom. The van der Waals surface area contributed by atoms with Crippen LogP contribution in [0, 0.1) is 18.4 Å². The Morgan fingerprint density at radius 2 is 2.28 bits per heavy atom. The second-order valence-electron chi connectivity index (χ2n) is 4.25. The Balaban J connectivity index is 2.30. The number of nitrogens with zero attached hydrogens (tertiary/aromatic N) is 2. The van der Waals surface area contributed by atoms with E-state index in [9.17, 15) is 0 Å². The standard InChI is InChI=1S/C13H16N4S/c1-9-4-3-5-11(12(9)16-10-6-7-10)17-13(18-2)15-8-14/h3-5,10,16H,6-7H2,1-2H3,(H,15,17). The second-order valence-corrected chi connectivity index (χ2v) is 5.04. The van der Waals surface area contributed by atoms with Gasteiger partial charge in [0.1, 0.15) is 0 Å². The average molecular weight is 260 g/mol. The number of aryl methyl sites for hydroxylation is 1. The Kier molecular flexibility index (Phi) is 4.11. The molecule has 18 heavy (non-hydrogen) atoms. The molecule has 1 aromatic rings. The van der Waals surface area contributed by atoms with E-state index < -0.39 is 0 Å². The first-order valence-corrected chi connectivity index (χ1v) is 7.11. The van der Waals surface area contributed by atoms with Crippen LogP contribution in [0.2, 0.25) is 0 Å². The molecule has 2 N–H and O–H groups in total. The highest BCUT2D eigenvalue weighted by molar-refractivity contribution is 8.13. The maximum atomic E-state index is 8.65. The van der Waals surface area contributed by atoms with Gasteiger partial charge in [0.2, 0.25) is 0 Å². The van der Waals surface area contributed by atoms with Crippen LogP contribution >= 0.6 is 11.8 Å². The van der Waals surface area contributed by atoms with Crippen molar-refractivity contribution in [3.05, 3.63) is 23.8 Å². The highest BCUT2D eigenvalue weighted by Crippen LogP contribution is 2.34. The molecule has 5 heteroatoms. The number of para-hydroxylation sites is 1. The largest absolute Gasteiger partial charge is 0.380 e.